The van der Waals surface area contributed by atoms with Crippen molar-refractivity contribution in [3.63, 3.8) is 0 Å². The van der Waals surface area contributed by atoms with Gasteiger partial charge in [0.05, 0.1) is 16.3 Å². The summed E-state index contributed by atoms with van der Waals surface area (Å²) in [5, 5.41) is 10.9. The van der Waals surface area contributed by atoms with E-state index in [1.807, 2.05) is 17.5 Å². The first-order chi connectivity index (χ1) is 15.9. The van der Waals surface area contributed by atoms with Crippen molar-refractivity contribution in [3.8, 4) is 10.7 Å². The summed E-state index contributed by atoms with van der Waals surface area (Å²) in [4.78, 5) is 42.7. The van der Waals surface area contributed by atoms with Crippen LogP contribution in [0.4, 0.5) is 0 Å². The Hall–Kier alpha value is -3.86. The number of fused-ring (bicyclic) bond motifs is 1. The third-order valence-corrected chi connectivity index (χ3v) is 5.72. The maximum absolute atomic E-state index is 12.7. The van der Waals surface area contributed by atoms with Crippen molar-refractivity contribution in [2.45, 2.75) is 39.2 Å². The Balaban J connectivity index is 1.34. The molecule has 0 aliphatic heterocycles. The Kier molecular flexibility index (Phi) is 6.59. The van der Waals surface area contributed by atoms with Gasteiger partial charge in [0.2, 0.25) is 17.6 Å². The van der Waals surface area contributed by atoms with E-state index in [0.29, 0.717) is 35.3 Å². The van der Waals surface area contributed by atoms with Crippen molar-refractivity contribution in [2.75, 3.05) is 0 Å². The highest BCUT2D eigenvalue weighted by atomic mass is 32.1. The van der Waals surface area contributed by atoms with E-state index in [-0.39, 0.29) is 29.6 Å². The maximum Gasteiger partial charge on any atom is 0.290 e. The molecule has 0 saturated carbocycles. The van der Waals surface area contributed by atoms with E-state index >= 15 is 0 Å². The molecule has 0 atom stereocenters. The second-order valence-corrected chi connectivity index (χ2v) is 8.53. The van der Waals surface area contributed by atoms with Crippen LogP contribution in [0.2, 0.25) is 0 Å². The molecule has 0 aliphatic carbocycles. The van der Waals surface area contributed by atoms with Crippen molar-refractivity contribution in [3.05, 3.63) is 63.7 Å². The fourth-order valence-electron chi connectivity index (χ4n) is 3.23. The van der Waals surface area contributed by atoms with Gasteiger partial charge >= 0.3 is 0 Å². The molecule has 1 aromatic carbocycles. The number of nitrogens with zero attached hydrogens (tertiary/aromatic N) is 4. The van der Waals surface area contributed by atoms with Gasteiger partial charge in [0, 0.05) is 18.2 Å². The molecular formula is C22H22N6O4S. The van der Waals surface area contributed by atoms with Gasteiger partial charge in [0.15, 0.2) is 5.69 Å². The molecule has 0 spiro atoms. The van der Waals surface area contributed by atoms with Crippen LogP contribution in [0.1, 0.15) is 49.1 Å². The third-order valence-electron chi connectivity index (χ3n) is 4.85. The number of aryl methyl sites for hydroxylation is 1. The van der Waals surface area contributed by atoms with Crippen molar-refractivity contribution >= 4 is 33.9 Å². The van der Waals surface area contributed by atoms with Crippen LogP contribution in [0, 0.1) is 0 Å². The number of carbonyl (C=O) groups excluding carboxylic acids is 2. The second kappa shape index (κ2) is 9.74. The topological polar surface area (TPSA) is 132 Å². The van der Waals surface area contributed by atoms with Crippen LogP contribution >= 0.6 is 11.3 Å². The molecule has 11 heteroatoms. The highest BCUT2D eigenvalue weighted by molar-refractivity contribution is 7.13. The quantitative estimate of drug-likeness (QED) is 0.400. The highest BCUT2D eigenvalue weighted by Crippen LogP contribution is 2.21. The van der Waals surface area contributed by atoms with Crippen molar-refractivity contribution in [2.24, 2.45) is 0 Å². The van der Waals surface area contributed by atoms with E-state index in [1.54, 1.807) is 38.1 Å². The molecule has 2 N–H and O–H groups in total. The monoisotopic (exact) mass is 466 g/mol. The number of benzene rings is 1. The van der Waals surface area contributed by atoms with Gasteiger partial charge in [0.1, 0.15) is 0 Å². The van der Waals surface area contributed by atoms with E-state index in [4.69, 9.17) is 4.52 Å². The minimum atomic E-state index is -0.605. The Labute approximate surface area is 192 Å². The van der Waals surface area contributed by atoms with Crippen LogP contribution in [0.15, 0.2) is 51.1 Å². The zero-order valence-electron chi connectivity index (χ0n) is 18.1. The first kappa shape index (κ1) is 22.3. The Morgan fingerprint density at radius 1 is 1.12 bits per heavy atom. The summed E-state index contributed by atoms with van der Waals surface area (Å²) >= 11 is 1.52. The molecule has 0 saturated heterocycles. The summed E-state index contributed by atoms with van der Waals surface area (Å²) in [6.07, 6.45) is 1.05. The predicted octanol–water partition coefficient (Wildman–Crippen LogP) is 2.87. The van der Waals surface area contributed by atoms with Crippen LogP contribution < -0.4 is 16.4 Å². The maximum atomic E-state index is 12.7. The lowest BCUT2D eigenvalue weighted by atomic mass is 10.1. The highest BCUT2D eigenvalue weighted by Gasteiger charge is 2.18. The molecule has 4 aromatic rings. The number of hydrazine groups is 1. The average Bonchev–Trinajstić information content (AvgIpc) is 3.50. The molecule has 10 nitrogen and oxygen atoms in total. The molecule has 4 rings (SSSR count). The molecule has 170 valence electrons. The Bertz CT molecular complexity index is 1340. The molecule has 33 heavy (non-hydrogen) atoms. The lowest BCUT2D eigenvalue weighted by molar-refractivity contribution is -0.121. The number of nitrogens with one attached hydrogen (secondary N) is 2. The van der Waals surface area contributed by atoms with E-state index in [0.717, 1.165) is 4.88 Å². The fourth-order valence-corrected chi connectivity index (χ4v) is 3.88. The standard InChI is InChI=1S/C22H22N6O4S/c1-13(2)28-22(31)15-8-4-3-7-14(15)19(26-28)21(30)25-24-17(29)10-5-11-18-23-20(27-32-18)16-9-6-12-33-16/h3-4,6-9,12-13H,5,10-11H2,1-2H3,(H,24,29)(H,25,30). The van der Waals surface area contributed by atoms with Gasteiger partial charge in [-0.05, 0) is 37.8 Å². The van der Waals surface area contributed by atoms with Crippen LogP contribution in [0.25, 0.3) is 21.5 Å². The third kappa shape index (κ3) is 4.98. The number of rotatable bonds is 7. The van der Waals surface area contributed by atoms with Gasteiger partial charge in [-0.25, -0.2) is 4.68 Å². The summed E-state index contributed by atoms with van der Waals surface area (Å²) in [5.41, 5.74) is 4.56. The fraction of sp³-hybridized carbons (Fsp3) is 0.273. The molecule has 0 aliphatic rings. The number of hydrogen-bond acceptors (Lipinski definition) is 8. The summed E-state index contributed by atoms with van der Waals surface area (Å²) < 4.78 is 6.47. The second-order valence-electron chi connectivity index (χ2n) is 7.58. The lowest BCUT2D eigenvalue weighted by Gasteiger charge is -2.13. The first-order valence-electron chi connectivity index (χ1n) is 10.4. The molecule has 2 amide bonds. The van der Waals surface area contributed by atoms with Gasteiger partial charge in [-0.2, -0.15) is 10.1 Å². The average molecular weight is 467 g/mol. The largest absolute Gasteiger partial charge is 0.339 e. The Morgan fingerprint density at radius 2 is 1.91 bits per heavy atom. The van der Waals surface area contributed by atoms with Gasteiger partial charge in [-0.3, -0.25) is 25.2 Å². The normalized spacial score (nSPS) is 11.1. The molecular weight excluding hydrogens is 444 g/mol. The summed E-state index contributed by atoms with van der Waals surface area (Å²) in [5.74, 6) is -0.00435. The van der Waals surface area contributed by atoms with E-state index in [9.17, 15) is 14.4 Å². The van der Waals surface area contributed by atoms with Crippen LogP contribution in [0.3, 0.4) is 0 Å². The number of hydrogen-bond donors (Lipinski definition) is 2. The van der Waals surface area contributed by atoms with Crippen LogP contribution in [-0.4, -0.2) is 31.7 Å². The van der Waals surface area contributed by atoms with Gasteiger partial charge in [-0.15, -0.1) is 11.3 Å². The minimum Gasteiger partial charge on any atom is -0.339 e. The molecule has 3 heterocycles. The molecule has 0 unspecified atom stereocenters. The van der Waals surface area contributed by atoms with Crippen LogP contribution in [0.5, 0.6) is 0 Å². The van der Waals surface area contributed by atoms with Gasteiger partial charge in [0.25, 0.3) is 11.5 Å². The number of amides is 2. The molecule has 3 aromatic heterocycles. The summed E-state index contributed by atoms with van der Waals surface area (Å²) in [6, 6.07) is 10.3. The van der Waals surface area contributed by atoms with Gasteiger partial charge in [-0.1, -0.05) is 29.4 Å². The zero-order chi connectivity index (χ0) is 23.4. The summed E-state index contributed by atoms with van der Waals surface area (Å²) in [7, 11) is 0. The van der Waals surface area contributed by atoms with Crippen molar-refractivity contribution < 1.29 is 14.1 Å². The molecule has 0 fully saturated rings. The van der Waals surface area contributed by atoms with Crippen molar-refractivity contribution in [1.82, 2.24) is 30.8 Å². The van der Waals surface area contributed by atoms with Crippen LogP contribution in [-0.2, 0) is 11.2 Å². The SMILES string of the molecule is CC(C)n1nc(C(=O)NNC(=O)CCCc2nc(-c3cccs3)no2)c2ccccc2c1=O. The van der Waals surface area contributed by atoms with E-state index in [2.05, 4.69) is 26.1 Å². The number of thiophene rings is 1. The zero-order valence-corrected chi connectivity index (χ0v) is 18.9. The number of aromatic nitrogens is 4. The van der Waals surface area contributed by atoms with E-state index < -0.39 is 5.91 Å². The Morgan fingerprint density at radius 3 is 2.64 bits per heavy atom. The molecule has 0 bridgehead atoms. The van der Waals surface area contributed by atoms with Gasteiger partial charge < -0.3 is 4.52 Å². The number of carbonyl (C=O) groups is 2. The van der Waals surface area contributed by atoms with Crippen molar-refractivity contribution in [1.29, 1.82) is 0 Å². The smallest absolute Gasteiger partial charge is 0.290 e. The predicted molar refractivity (Wildman–Crippen MR) is 123 cm³/mol. The molecule has 0 radical (unpaired) electrons. The summed E-state index contributed by atoms with van der Waals surface area (Å²) in [6.45, 7) is 3.61. The lowest BCUT2D eigenvalue weighted by Crippen LogP contribution is -2.42. The first-order valence-corrected chi connectivity index (χ1v) is 11.3. The van der Waals surface area contributed by atoms with E-state index in [1.165, 1.54) is 16.0 Å². The minimum absolute atomic E-state index is 0.0613.